The van der Waals surface area contributed by atoms with Crippen LogP contribution in [0.2, 0.25) is 0 Å². The number of nitrogens with zero attached hydrogens (tertiary/aromatic N) is 7. The first kappa shape index (κ1) is 12.9. The topological polar surface area (TPSA) is 118 Å². The second-order valence-electron chi connectivity index (χ2n) is 4.42. The van der Waals surface area contributed by atoms with Gasteiger partial charge in [-0.3, -0.25) is 4.68 Å². The van der Waals surface area contributed by atoms with E-state index in [1.54, 1.807) is 57.2 Å². The molecular weight excluding hydrogens is 270 g/mol. The molecular formula is C12H15N9. The van der Waals surface area contributed by atoms with E-state index in [0.29, 0.717) is 6.54 Å². The first-order valence-corrected chi connectivity index (χ1v) is 6.29. The predicted molar refractivity (Wildman–Crippen MR) is 75.9 cm³/mol. The van der Waals surface area contributed by atoms with Gasteiger partial charge in [0.15, 0.2) is 5.96 Å². The molecule has 0 bridgehead atoms. The first-order chi connectivity index (χ1) is 10.2. The van der Waals surface area contributed by atoms with Crippen LogP contribution >= 0.6 is 0 Å². The van der Waals surface area contributed by atoms with Crippen molar-refractivity contribution >= 4 is 5.96 Å². The molecule has 0 atom stereocenters. The SMILES string of the molecule is NC(N)=NC(Cn1cccn1)(n1cccn1)n1cccn1. The molecule has 3 heterocycles. The number of hydrogen-bond acceptors (Lipinski definition) is 4. The minimum absolute atomic E-state index is 0.0619. The summed E-state index contributed by atoms with van der Waals surface area (Å²) in [5, 5.41) is 12.8. The van der Waals surface area contributed by atoms with Gasteiger partial charge in [0.25, 0.3) is 5.79 Å². The summed E-state index contributed by atoms with van der Waals surface area (Å²) in [5.74, 6) is -1.12. The van der Waals surface area contributed by atoms with Gasteiger partial charge >= 0.3 is 0 Å². The van der Waals surface area contributed by atoms with E-state index in [4.69, 9.17) is 11.5 Å². The highest BCUT2D eigenvalue weighted by Crippen LogP contribution is 2.22. The summed E-state index contributed by atoms with van der Waals surface area (Å²) in [6, 6.07) is 5.42. The Morgan fingerprint density at radius 2 is 1.48 bits per heavy atom. The van der Waals surface area contributed by atoms with Gasteiger partial charge in [-0.15, -0.1) is 0 Å². The van der Waals surface area contributed by atoms with Crippen molar-refractivity contribution in [2.24, 2.45) is 16.5 Å². The zero-order valence-electron chi connectivity index (χ0n) is 11.2. The Morgan fingerprint density at radius 1 is 0.905 bits per heavy atom. The molecule has 3 aromatic heterocycles. The third-order valence-corrected chi connectivity index (χ3v) is 2.98. The lowest BCUT2D eigenvalue weighted by atomic mass is 10.3. The van der Waals surface area contributed by atoms with Gasteiger partial charge in [-0.25, -0.2) is 9.36 Å². The molecule has 9 nitrogen and oxygen atoms in total. The molecule has 0 aliphatic carbocycles. The molecule has 4 N–H and O–H groups in total. The molecule has 0 aromatic carbocycles. The van der Waals surface area contributed by atoms with Crippen LogP contribution in [0.4, 0.5) is 0 Å². The number of aliphatic imine (C=N–C) groups is 1. The van der Waals surface area contributed by atoms with Crippen LogP contribution in [-0.2, 0) is 12.3 Å². The predicted octanol–water partition coefficient (Wildman–Crippen LogP) is -0.592. The summed E-state index contributed by atoms with van der Waals surface area (Å²) in [5.41, 5.74) is 11.3. The fourth-order valence-electron chi connectivity index (χ4n) is 2.17. The van der Waals surface area contributed by atoms with E-state index in [1.807, 2.05) is 12.3 Å². The zero-order valence-corrected chi connectivity index (χ0v) is 11.2. The Hall–Kier alpha value is -3.10. The Morgan fingerprint density at radius 3 is 1.90 bits per heavy atom. The number of aromatic nitrogens is 6. The standard InChI is InChI=1S/C12H15N9/c13-11(14)18-12(20-8-2-5-16-20,21-9-3-6-17-21)10-19-7-1-4-15-19/h1-9H,10H2,(H4,13,14,18). The van der Waals surface area contributed by atoms with E-state index in [9.17, 15) is 0 Å². The lowest BCUT2D eigenvalue weighted by molar-refractivity contribution is 0.153. The molecule has 0 aliphatic heterocycles. The van der Waals surface area contributed by atoms with Gasteiger partial charge in [0.1, 0.15) is 6.54 Å². The molecule has 9 heteroatoms. The molecule has 0 spiro atoms. The fourth-order valence-corrected chi connectivity index (χ4v) is 2.17. The van der Waals surface area contributed by atoms with Crippen molar-refractivity contribution in [3.8, 4) is 0 Å². The van der Waals surface area contributed by atoms with Crippen LogP contribution in [0.25, 0.3) is 0 Å². The van der Waals surface area contributed by atoms with E-state index in [2.05, 4.69) is 20.3 Å². The Labute approximate surface area is 120 Å². The van der Waals surface area contributed by atoms with Crippen molar-refractivity contribution in [3.63, 3.8) is 0 Å². The summed E-state index contributed by atoms with van der Waals surface area (Å²) < 4.78 is 5.00. The zero-order chi connectivity index (χ0) is 14.7. The summed E-state index contributed by atoms with van der Waals surface area (Å²) in [4.78, 5) is 4.38. The van der Waals surface area contributed by atoms with Gasteiger partial charge in [0.2, 0.25) is 0 Å². The highest BCUT2D eigenvalue weighted by molar-refractivity contribution is 5.76. The maximum atomic E-state index is 5.64. The van der Waals surface area contributed by atoms with Crippen LogP contribution in [0.1, 0.15) is 0 Å². The van der Waals surface area contributed by atoms with Crippen molar-refractivity contribution < 1.29 is 0 Å². The molecule has 0 saturated carbocycles. The van der Waals surface area contributed by atoms with Gasteiger partial charge in [0, 0.05) is 37.2 Å². The summed E-state index contributed by atoms with van der Waals surface area (Å²) >= 11 is 0. The highest BCUT2D eigenvalue weighted by Gasteiger charge is 2.36. The van der Waals surface area contributed by atoms with Gasteiger partial charge in [-0.2, -0.15) is 20.3 Å². The number of hydrogen-bond donors (Lipinski definition) is 2. The maximum absolute atomic E-state index is 5.64. The van der Waals surface area contributed by atoms with E-state index < -0.39 is 5.79 Å². The van der Waals surface area contributed by atoms with Crippen molar-refractivity contribution in [3.05, 3.63) is 55.4 Å². The third-order valence-electron chi connectivity index (χ3n) is 2.98. The number of rotatable bonds is 5. The average molecular weight is 285 g/mol. The molecule has 21 heavy (non-hydrogen) atoms. The Kier molecular flexibility index (Phi) is 3.14. The second kappa shape index (κ2) is 5.12. The van der Waals surface area contributed by atoms with Gasteiger partial charge in [0.05, 0.1) is 0 Å². The molecule has 108 valence electrons. The van der Waals surface area contributed by atoms with Crippen LogP contribution in [0, 0.1) is 0 Å². The van der Waals surface area contributed by atoms with Crippen molar-refractivity contribution in [2.75, 3.05) is 0 Å². The second-order valence-corrected chi connectivity index (χ2v) is 4.42. The van der Waals surface area contributed by atoms with Gasteiger partial charge < -0.3 is 11.5 Å². The molecule has 0 saturated heterocycles. The molecule has 3 aromatic rings. The first-order valence-electron chi connectivity index (χ1n) is 6.29. The number of nitrogens with two attached hydrogens (primary N) is 2. The molecule has 0 fully saturated rings. The van der Waals surface area contributed by atoms with Crippen molar-refractivity contribution in [2.45, 2.75) is 12.3 Å². The number of guanidine groups is 1. The highest BCUT2D eigenvalue weighted by atomic mass is 15.6. The van der Waals surface area contributed by atoms with E-state index >= 15 is 0 Å². The van der Waals surface area contributed by atoms with E-state index in [-0.39, 0.29) is 5.96 Å². The van der Waals surface area contributed by atoms with Crippen LogP contribution in [-0.4, -0.2) is 35.3 Å². The molecule has 0 radical (unpaired) electrons. The van der Waals surface area contributed by atoms with Crippen LogP contribution in [0.15, 0.2) is 60.4 Å². The lowest BCUT2D eigenvalue weighted by Crippen LogP contribution is -2.47. The maximum Gasteiger partial charge on any atom is 0.270 e. The normalized spacial score (nSPS) is 11.4. The quantitative estimate of drug-likeness (QED) is 0.480. The summed E-state index contributed by atoms with van der Waals surface area (Å²) in [7, 11) is 0. The lowest BCUT2D eigenvalue weighted by Gasteiger charge is -2.30. The Balaban J connectivity index is 2.18. The monoisotopic (exact) mass is 285 g/mol. The van der Waals surface area contributed by atoms with Gasteiger partial charge in [-0.1, -0.05) is 0 Å². The molecule has 0 aliphatic rings. The van der Waals surface area contributed by atoms with E-state index in [1.165, 1.54) is 0 Å². The Bertz CT molecular complexity index is 656. The summed E-state index contributed by atoms with van der Waals surface area (Å²) in [6.45, 7) is 0.335. The van der Waals surface area contributed by atoms with E-state index in [0.717, 1.165) is 0 Å². The fraction of sp³-hybridized carbons (Fsp3) is 0.167. The van der Waals surface area contributed by atoms with Crippen LogP contribution in [0.3, 0.4) is 0 Å². The largest absolute Gasteiger partial charge is 0.370 e. The summed E-state index contributed by atoms with van der Waals surface area (Å²) in [6.07, 6.45) is 10.4. The van der Waals surface area contributed by atoms with Crippen LogP contribution < -0.4 is 11.5 Å². The molecule has 0 unspecified atom stereocenters. The minimum atomic E-state index is -1.06. The van der Waals surface area contributed by atoms with Crippen molar-refractivity contribution in [1.82, 2.24) is 29.3 Å². The third kappa shape index (κ3) is 2.36. The molecule has 3 rings (SSSR count). The van der Waals surface area contributed by atoms with Crippen LogP contribution in [0.5, 0.6) is 0 Å². The van der Waals surface area contributed by atoms with Crippen molar-refractivity contribution in [1.29, 1.82) is 0 Å². The smallest absolute Gasteiger partial charge is 0.270 e. The minimum Gasteiger partial charge on any atom is -0.370 e. The average Bonchev–Trinajstić information content (AvgIpc) is 3.20. The van der Waals surface area contributed by atoms with Gasteiger partial charge in [-0.05, 0) is 18.2 Å². The molecule has 0 amide bonds.